The predicted octanol–water partition coefficient (Wildman–Crippen LogP) is 2.88. The molecule has 0 aliphatic heterocycles. The minimum atomic E-state index is -0.300. The third-order valence-corrected chi connectivity index (χ3v) is 4.89. The zero-order chi connectivity index (χ0) is 12.3. The Morgan fingerprint density at radius 1 is 1.47 bits per heavy atom. The van der Waals surface area contributed by atoms with Crippen LogP contribution in [0.15, 0.2) is 6.33 Å². The molecule has 1 aromatic heterocycles. The molecule has 0 atom stereocenters. The van der Waals surface area contributed by atoms with Gasteiger partial charge in [-0.05, 0) is 25.5 Å². The minimum Gasteiger partial charge on any atom is -0.366 e. The molecule has 0 radical (unpaired) electrons. The molecule has 0 spiro atoms. The normalized spacial score (nSPS) is 17.6. The number of aromatic nitrogens is 2. The zero-order valence-electron chi connectivity index (χ0n) is 10.3. The van der Waals surface area contributed by atoms with Crippen LogP contribution >= 0.6 is 11.8 Å². The molecule has 0 unspecified atom stereocenters. The lowest BCUT2D eigenvalue weighted by Crippen LogP contribution is -2.40. The quantitative estimate of drug-likeness (QED) is 0.878. The molecule has 2 rings (SSSR count). The molecule has 0 bridgehead atoms. The highest BCUT2D eigenvalue weighted by Crippen LogP contribution is 2.42. The van der Waals surface area contributed by atoms with Crippen molar-refractivity contribution in [2.24, 2.45) is 0 Å². The molecule has 1 saturated carbocycles. The van der Waals surface area contributed by atoms with Gasteiger partial charge < -0.3 is 5.32 Å². The molecule has 1 aromatic rings. The monoisotopic (exact) mass is 255 g/mol. The average Bonchev–Trinajstić information content (AvgIpc) is 2.30. The highest BCUT2D eigenvalue weighted by Gasteiger charge is 2.36. The van der Waals surface area contributed by atoms with Crippen molar-refractivity contribution in [2.75, 3.05) is 18.1 Å². The van der Waals surface area contributed by atoms with Crippen LogP contribution in [0.3, 0.4) is 0 Å². The highest BCUT2D eigenvalue weighted by atomic mass is 32.2. The van der Waals surface area contributed by atoms with E-state index in [1.54, 1.807) is 0 Å². The second-order valence-electron chi connectivity index (χ2n) is 4.43. The fraction of sp³-hybridized carbons (Fsp3) is 0.667. The number of nitrogens with zero attached hydrogens (tertiary/aromatic N) is 2. The number of nitrogens with one attached hydrogen (secondary N) is 1. The van der Waals surface area contributed by atoms with Crippen LogP contribution in [0, 0.1) is 5.82 Å². The molecule has 0 aromatic carbocycles. The van der Waals surface area contributed by atoms with Gasteiger partial charge in [-0.2, -0.15) is 11.8 Å². The number of anilines is 1. The van der Waals surface area contributed by atoms with E-state index in [4.69, 9.17) is 0 Å². The standard InChI is InChI=1S/C12H18FN3S/c1-3-9-10(13)11(16-8-15-9)14-7-12(17-2)5-4-6-12/h8H,3-7H2,1-2H3,(H,14,15,16). The van der Waals surface area contributed by atoms with E-state index < -0.39 is 0 Å². The van der Waals surface area contributed by atoms with E-state index in [0.29, 0.717) is 17.9 Å². The average molecular weight is 255 g/mol. The third-order valence-electron chi connectivity index (χ3n) is 3.47. The van der Waals surface area contributed by atoms with E-state index in [9.17, 15) is 4.39 Å². The number of hydrogen-bond acceptors (Lipinski definition) is 4. The van der Waals surface area contributed by atoms with Gasteiger partial charge in [0.25, 0.3) is 0 Å². The van der Waals surface area contributed by atoms with Gasteiger partial charge in [0.2, 0.25) is 0 Å². The molecule has 1 fully saturated rings. The first-order valence-electron chi connectivity index (χ1n) is 5.99. The van der Waals surface area contributed by atoms with Gasteiger partial charge in [-0.1, -0.05) is 13.3 Å². The SMILES string of the molecule is CCc1ncnc(NCC2(SC)CCC2)c1F. The second kappa shape index (κ2) is 5.21. The van der Waals surface area contributed by atoms with E-state index in [1.807, 2.05) is 18.7 Å². The first kappa shape index (κ1) is 12.6. The van der Waals surface area contributed by atoms with Crippen LogP contribution in [0.1, 0.15) is 31.9 Å². The number of halogens is 1. The Kier molecular flexibility index (Phi) is 3.86. The van der Waals surface area contributed by atoms with Crippen molar-refractivity contribution in [1.29, 1.82) is 0 Å². The van der Waals surface area contributed by atoms with E-state index >= 15 is 0 Å². The van der Waals surface area contributed by atoms with Crippen molar-refractivity contribution in [1.82, 2.24) is 9.97 Å². The summed E-state index contributed by atoms with van der Waals surface area (Å²) >= 11 is 1.87. The van der Waals surface area contributed by atoms with Gasteiger partial charge in [0, 0.05) is 11.3 Å². The summed E-state index contributed by atoms with van der Waals surface area (Å²) in [4.78, 5) is 7.90. The molecular weight excluding hydrogens is 237 g/mol. The topological polar surface area (TPSA) is 37.8 Å². The number of hydrogen-bond donors (Lipinski definition) is 1. The van der Waals surface area contributed by atoms with Crippen molar-refractivity contribution in [3.63, 3.8) is 0 Å². The van der Waals surface area contributed by atoms with Gasteiger partial charge in [-0.3, -0.25) is 0 Å². The molecule has 3 nitrogen and oxygen atoms in total. The Morgan fingerprint density at radius 2 is 2.24 bits per heavy atom. The van der Waals surface area contributed by atoms with E-state index in [-0.39, 0.29) is 10.6 Å². The lowest BCUT2D eigenvalue weighted by atomic mass is 9.84. The summed E-state index contributed by atoms with van der Waals surface area (Å²) < 4.78 is 14.2. The largest absolute Gasteiger partial charge is 0.366 e. The van der Waals surface area contributed by atoms with E-state index in [2.05, 4.69) is 21.5 Å². The van der Waals surface area contributed by atoms with Gasteiger partial charge >= 0.3 is 0 Å². The van der Waals surface area contributed by atoms with Crippen LogP contribution in [-0.2, 0) is 6.42 Å². The van der Waals surface area contributed by atoms with Gasteiger partial charge in [0.05, 0.1) is 5.69 Å². The first-order valence-corrected chi connectivity index (χ1v) is 7.21. The van der Waals surface area contributed by atoms with Crippen molar-refractivity contribution >= 4 is 17.6 Å². The maximum Gasteiger partial charge on any atom is 0.186 e. The van der Waals surface area contributed by atoms with Gasteiger partial charge in [-0.15, -0.1) is 0 Å². The molecule has 0 amide bonds. The molecule has 17 heavy (non-hydrogen) atoms. The number of aryl methyl sites for hydroxylation is 1. The molecule has 1 heterocycles. The first-order chi connectivity index (χ1) is 8.21. The van der Waals surface area contributed by atoms with Gasteiger partial charge in [0.15, 0.2) is 11.6 Å². The fourth-order valence-corrected chi connectivity index (χ4v) is 2.96. The van der Waals surface area contributed by atoms with Crippen LogP contribution in [0.5, 0.6) is 0 Å². The molecule has 5 heteroatoms. The summed E-state index contributed by atoms with van der Waals surface area (Å²) in [6, 6.07) is 0. The highest BCUT2D eigenvalue weighted by molar-refractivity contribution is 8.00. The van der Waals surface area contributed by atoms with Crippen LogP contribution in [0.4, 0.5) is 10.2 Å². The molecule has 1 N–H and O–H groups in total. The van der Waals surface area contributed by atoms with Crippen LogP contribution in [0.2, 0.25) is 0 Å². The van der Waals surface area contributed by atoms with E-state index in [1.165, 1.54) is 25.6 Å². The van der Waals surface area contributed by atoms with Crippen molar-refractivity contribution in [3.8, 4) is 0 Å². The fourth-order valence-electron chi connectivity index (χ4n) is 2.05. The van der Waals surface area contributed by atoms with Gasteiger partial charge in [-0.25, -0.2) is 14.4 Å². The molecular formula is C12H18FN3S. The summed E-state index contributed by atoms with van der Waals surface area (Å²) in [5, 5.41) is 3.13. The van der Waals surface area contributed by atoms with Crippen molar-refractivity contribution < 1.29 is 4.39 Å². The molecule has 94 valence electrons. The maximum atomic E-state index is 13.9. The summed E-state index contributed by atoms with van der Waals surface area (Å²) in [7, 11) is 0. The summed E-state index contributed by atoms with van der Waals surface area (Å²) in [5.74, 6) is 0.0442. The Morgan fingerprint density at radius 3 is 2.76 bits per heavy atom. The smallest absolute Gasteiger partial charge is 0.186 e. The Hall–Kier alpha value is -0.840. The van der Waals surface area contributed by atoms with Gasteiger partial charge in [0.1, 0.15) is 6.33 Å². The lowest BCUT2D eigenvalue weighted by Gasteiger charge is -2.40. The van der Waals surface area contributed by atoms with Crippen LogP contribution < -0.4 is 5.32 Å². The third kappa shape index (κ3) is 2.54. The maximum absolute atomic E-state index is 13.9. The van der Waals surface area contributed by atoms with Crippen LogP contribution in [0.25, 0.3) is 0 Å². The Balaban J connectivity index is 2.04. The zero-order valence-corrected chi connectivity index (χ0v) is 11.1. The van der Waals surface area contributed by atoms with Crippen LogP contribution in [-0.4, -0.2) is 27.5 Å². The molecule has 1 aliphatic rings. The Labute approximate surface area is 106 Å². The van der Waals surface area contributed by atoms with E-state index in [0.717, 1.165) is 6.54 Å². The minimum absolute atomic E-state index is 0.282. The lowest BCUT2D eigenvalue weighted by molar-refractivity contribution is 0.379. The molecule has 1 aliphatic carbocycles. The summed E-state index contributed by atoms with van der Waals surface area (Å²) in [5.41, 5.74) is 0.481. The molecule has 0 saturated heterocycles. The van der Waals surface area contributed by atoms with Crippen molar-refractivity contribution in [2.45, 2.75) is 37.4 Å². The van der Waals surface area contributed by atoms with Crippen molar-refractivity contribution in [3.05, 3.63) is 17.8 Å². The number of rotatable bonds is 5. The summed E-state index contributed by atoms with van der Waals surface area (Å²) in [6.45, 7) is 2.68. The second-order valence-corrected chi connectivity index (χ2v) is 5.71. The predicted molar refractivity (Wildman–Crippen MR) is 70.0 cm³/mol. The Bertz CT molecular complexity index is 388. The number of thioether (sulfide) groups is 1. The summed E-state index contributed by atoms with van der Waals surface area (Å²) in [6.07, 6.45) is 7.82.